The Morgan fingerprint density at radius 1 is 1.00 bits per heavy atom. The van der Waals surface area contributed by atoms with Crippen LogP contribution < -0.4 is 0 Å². The number of unbranched alkanes of at least 4 members (excludes halogenated alkanes) is 1. The third-order valence-electron chi connectivity index (χ3n) is 7.98. The first-order chi connectivity index (χ1) is 14.7. The van der Waals surface area contributed by atoms with Gasteiger partial charge in [0, 0.05) is 5.39 Å². The number of rotatable bonds is 7. The zero-order valence-electron chi connectivity index (χ0n) is 19.0. The summed E-state index contributed by atoms with van der Waals surface area (Å²) in [7, 11) is 0. The standard InChI is InChI=1S/C29H39F/c1-3-5-7-9-22-11-13-26-19-27(20-29(30)28(26)17-22)25-15-14-23-16-21(8-6-4-2)10-12-24(23)18-25/h3,5,11,13,17,19-21,23-25H,4,6-10,12,14-16,18H2,1-2H3/b5-3+/t21?,23-,24?,25-/m1/s1. The summed E-state index contributed by atoms with van der Waals surface area (Å²) in [6.07, 6.45) is 18.6. The second-order valence-corrected chi connectivity index (χ2v) is 10.0. The molecule has 0 saturated heterocycles. The maximum absolute atomic E-state index is 15.1. The number of fused-ring (bicyclic) bond motifs is 2. The second-order valence-electron chi connectivity index (χ2n) is 10.0. The summed E-state index contributed by atoms with van der Waals surface area (Å²) in [5.74, 6) is 3.30. The predicted molar refractivity (Wildman–Crippen MR) is 127 cm³/mol. The highest BCUT2D eigenvalue weighted by atomic mass is 19.1. The van der Waals surface area contributed by atoms with Crippen molar-refractivity contribution in [3.05, 3.63) is 59.4 Å². The molecule has 2 aromatic carbocycles. The number of halogens is 1. The Labute approximate surface area is 183 Å². The number of benzene rings is 2. The van der Waals surface area contributed by atoms with E-state index in [-0.39, 0.29) is 5.82 Å². The Hall–Kier alpha value is -1.63. The maximum Gasteiger partial charge on any atom is 0.131 e. The lowest BCUT2D eigenvalue weighted by Crippen LogP contribution is -2.30. The predicted octanol–water partition coefficient (Wildman–Crippen LogP) is 8.98. The molecule has 0 radical (unpaired) electrons. The van der Waals surface area contributed by atoms with Crippen LogP contribution in [0.15, 0.2) is 42.5 Å². The first-order valence-corrected chi connectivity index (χ1v) is 12.5. The molecule has 0 bridgehead atoms. The van der Waals surface area contributed by atoms with Gasteiger partial charge in [0.2, 0.25) is 0 Å². The van der Waals surface area contributed by atoms with Gasteiger partial charge in [-0.15, -0.1) is 0 Å². The fraction of sp³-hybridized carbons (Fsp3) is 0.586. The number of aryl methyl sites for hydroxylation is 1. The Bertz CT molecular complexity index is 864. The molecule has 2 unspecified atom stereocenters. The van der Waals surface area contributed by atoms with Gasteiger partial charge in [-0.3, -0.25) is 0 Å². The minimum atomic E-state index is -0.0271. The summed E-state index contributed by atoms with van der Waals surface area (Å²) in [6.45, 7) is 4.36. The number of hydrogen-bond donors (Lipinski definition) is 0. The maximum atomic E-state index is 15.1. The Morgan fingerprint density at radius 3 is 2.67 bits per heavy atom. The van der Waals surface area contributed by atoms with Crippen LogP contribution in [0.25, 0.3) is 10.8 Å². The molecule has 2 saturated carbocycles. The third kappa shape index (κ3) is 4.98. The van der Waals surface area contributed by atoms with Gasteiger partial charge < -0.3 is 0 Å². The van der Waals surface area contributed by atoms with Gasteiger partial charge in [-0.1, -0.05) is 63.0 Å². The smallest absolute Gasteiger partial charge is 0.131 e. The van der Waals surface area contributed by atoms with Crippen LogP contribution in [0.2, 0.25) is 0 Å². The van der Waals surface area contributed by atoms with Gasteiger partial charge in [0.1, 0.15) is 5.82 Å². The molecular weight excluding hydrogens is 367 g/mol. The van der Waals surface area contributed by atoms with Crippen molar-refractivity contribution in [1.82, 2.24) is 0 Å². The molecule has 0 heterocycles. The molecule has 0 aromatic heterocycles. The quantitative estimate of drug-likeness (QED) is 0.402. The first kappa shape index (κ1) is 21.6. The van der Waals surface area contributed by atoms with Crippen molar-refractivity contribution in [2.75, 3.05) is 0 Å². The van der Waals surface area contributed by atoms with Crippen LogP contribution in [0.3, 0.4) is 0 Å². The van der Waals surface area contributed by atoms with Gasteiger partial charge >= 0.3 is 0 Å². The van der Waals surface area contributed by atoms with Crippen molar-refractivity contribution in [2.24, 2.45) is 17.8 Å². The van der Waals surface area contributed by atoms with E-state index < -0.39 is 0 Å². The summed E-state index contributed by atoms with van der Waals surface area (Å²) >= 11 is 0. The van der Waals surface area contributed by atoms with Crippen molar-refractivity contribution in [3.8, 4) is 0 Å². The van der Waals surface area contributed by atoms with E-state index in [1.54, 1.807) is 0 Å². The monoisotopic (exact) mass is 406 g/mol. The van der Waals surface area contributed by atoms with Crippen LogP contribution in [-0.4, -0.2) is 0 Å². The lowest BCUT2D eigenvalue weighted by molar-refractivity contribution is 0.113. The van der Waals surface area contributed by atoms with Crippen LogP contribution in [0, 0.1) is 23.6 Å². The summed E-state index contributed by atoms with van der Waals surface area (Å²) in [6, 6.07) is 10.5. The van der Waals surface area contributed by atoms with E-state index in [2.05, 4.69) is 43.3 Å². The lowest BCUT2D eigenvalue weighted by atomic mass is 9.63. The Morgan fingerprint density at radius 2 is 1.83 bits per heavy atom. The van der Waals surface area contributed by atoms with Crippen molar-refractivity contribution in [3.63, 3.8) is 0 Å². The highest BCUT2D eigenvalue weighted by molar-refractivity contribution is 5.84. The van der Waals surface area contributed by atoms with E-state index in [1.807, 2.05) is 13.0 Å². The van der Waals surface area contributed by atoms with Gasteiger partial charge in [-0.05, 0) is 104 Å². The van der Waals surface area contributed by atoms with Crippen LogP contribution in [0.1, 0.15) is 95.1 Å². The zero-order chi connectivity index (χ0) is 20.9. The van der Waals surface area contributed by atoms with E-state index >= 15 is 4.39 Å². The average Bonchev–Trinajstić information content (AvgIpc) is 2.77. The van der Waals surface area contributed by atoms with Crippen molar-refractivity contribution in [2.45, 2.75) is 90.4 Å². The summed E-state index contributed by atoms with van der Waals surface area (Å²) in [5, 5.41) is 1.87. The van der Waals surface area contributed by atoms with Gasteiger partial charge in [-0.25, -0.2) is 4.39 Å². The molecule has 0 nitrogen and oxygen atoms in total. The van der Waals surface area contributed by atoms with Gasteiger partial charge in [0.05, 0.1) is 0 Å². The number of allylic oxidation sites excluding steroid dienone is 2. The van der Waals surface area contributed by atoms with Crippen molar-refractivity contribution < 1.29 is 4.39 Å². The van der Waals surface area contributed by atoms with Crippen molar-refractivity contribution >= 4 is 10.8 Å². The molecule has 0 spiro atoms. The molecular formula is C29H39F. The highest BCUT2D eigenvalue weighted by Crippen LogP contribution is 2.48. The minimum Gasteiger partial charge on any atom is -0.206 e. The Balaban J connectivity index is 1.44. The van der Waals surface area contributed by atoms with E-state index in [1.165, 1.54) is 68.9 Å². The first-order valence-electron chi connectivity index (χ1n) is 12.5. The average molecular weight is 407 g/mol. The highest BCUT2D eigenvalue weighted by Gasteiger charge is 2.35. The topological polar surface area (TPSA) is 0 Å². The third-order valence-corrected chi connectivity index (χ3v) is 7.98. The van der Waals surface area contributed by atoms with E-state index in [0.717, 1.165) is 41.4 Å². The van der Waals surface area contributed by atoms with E-state index in [0.29, 0.717) is 5.92 Å². The molecule has 162 valence electrons. The molecule has 0 N–H and O–H groups in total. The zero-order valence-corrected chi connectivity index (χ0v) is 19.0. The van der Waals surface area contributed by atoms with Crippen LogP contribution in [0.4, 0.5) is 4.39 Å². The molecule has 2 aliphatic carbocycles. The molecule has 0 amide bonds. The molecule has 0 aliphatic heterocycles. The molecule has 2 fully saturated rings. The molecule has 4 atom stereocenters. The molecule has 2 aliphatic rings. The summed E-state index contributed by atoms with van der Waals surface area (Å²) in [5.41, 5.74) is 2.47. The van der Waals surface area contributed by atoms with E-state index in [9.17, 15) is 0 Å². The van der Waals surface area contributed by atoms with Crippen LogP contribution >= 0.6 is 0 Å². The number of hydrogen-bond acceptors (Lipinski definition) is 0. The molecule has 30 heavy (non-hydrogen) atoms. The molecule has 2 aromatic rings. The van der Waals surface area contributed by atoms with Crippen molar-refractivity contribution in [1.29, 1.82) is 0 Å². The summed E-state index contributed by atoms with van der Waals surface area (Å²) in [4.78, 5) is 0. The normalized spacial score (nSPS) is 26.9. The lowest BCUT2D eigenvalue weighted by Gasteiger charge is -2.42. The van der Waals surface area contributed by atoms with Crippen LogP contribution in [-0.2, 0) is 6.42 Å². The largest absolute Gasteiger partial charge is 0.206 e. The molecule has 4 rings (SSSR count). The minimum absolute atomic E-state index is 0.0271. The SMILES string of the molecule is C/C=C/CCc1ccc2cc([C@@H]3CC[C@@H]4CC(CCCC)CCC4C3)cc(F)c2c1. The summed E-state index contributed by atoms with van der Waals surface area (Å²) < 4.78 is 15.1. The fourth-order valence-corrected chi connectivity index (χ4v) is 6.23. The second kappa shape index (κ2) is 10.1. The Kier molecular flexibility index (Phi) is 7.28. The van der Waals surface area contributed by atoms with Crippen LogP contribution in [0.5, 0.6) is 0 Å². The van der Waals surface area contributed by atoms with Gasteiger partial charge in [0.25, 0.3) is 0 Å². The van der Waals surface area contributed by atoms with Gasteiger partial charge in [0.15, 0.2) is 0 Å². The van der Waals surface area contributed by atoms with Gasteiger partial charge in [-0.2, -0.15) is 0 Å². The fourth-order valence-electron chi connectivity index (χ4n) is 6.23. The molecule has 1 heteroatoms. The van der Waals surface area contributed by atoms with E-state index in [4.69, 9.17) is 0 Å².